The van der Waals surface area contributed by atoms with Crippen LogP contribution in [-0.4, -0.2) is 8.97 Å². The van der Waals surface area contributed by atoms with E-state index in [0.29, 0.717) is 0 Å². The summed E-state index contributed by atoms with van der Waals surface area (Å²) < 4.78 is 4.74. The molecule has 296 valence electrons. The molecule has 0 saturated heterocycles. The number of para-hydroxylation sites is 4. The third kappa shape index (κ3) is 5.82. The molecule has 3 nitrogen and oxygen atoms in total. The highest BCUT2D eigenvalue weighted by molar-refractivity contribution is 6.13. The summed E-state index contributed by atoms with van der Waals surface area (Å²) in [5, 5.41) is 10.7. The molecule has 3 aromatic heterocycles. The van der Waals surface area contributed by atoms with Gasteiger partial charge < -0.3 is 13.9 Å². The van der Waals surface area contributed by atoms with Crippen molar-refractivity contribution in [2.24, 2.45) is 0 Å². The van der Waals surface area contributed by atoms with Gasteiger partial charge in [-0.1, -0.05) is 153 Å². The van der Waals surface area contributed by atoms with Crippen molar-refractivity contribution in [2.75, 3.05) is 4.90 Å². The van der Waals surface area contributed by atoms with Gasteiger partial charge >= 0.3 is 0 Å². The summed E-state index contributed by atoms with van der Waals surface area (Å²) in [5.41, 5.74) is 13.8. The molecule has 3 heteroatoms. The number of aromatic nitrogens is 2. The highest BCUT2D eigenvalue weighted by atomic mass is 15.1. The molecule has 3 heterocycles. The number of allylic oxidation sites excluding steroid dienone is 2. The van der Waals surface area contributed by atoms with Crippen molar-refractivity contribution < 1.29 is 0 Å². The van der Waals surface area contributed by atoms with Crippen molar-refractivity contribution in [2.45, 2.75) is 0 Å². The zero-order valence-corrected chi connectivity index (χ0v) is 34.6. The number of nitrogens with zero attached hydrogens (tertiary/aromatic N) is 3. The van der Waals surface area contributed by atoms with E-state index in [9.17, 15) is 0 Å². The van der Waals surface area contributed by atoms with Crippen LogP contribution in [0.4, 0.5) is 11.4 Å². The third-order valence-corrected chi connectivity index (χ3v) is 12.8. The molecular formula is C60H41N3. The van der Waals surface area contributed by atoms with Crippen molar-refractivity contribution in [1.29, 1.82) is 0 Å². The fourth-order valence-corrected chi connectivity index (χ4v) is 9.90. The lowest BCUT2D eigenvalue weighted by Gasteiger charge is -2.22. The molecule has 0 bridgehead atoms. The molecule has 9 aromatic carbocycles. The van der Waals surface area contributed by atoms with Crippen LogP contribution in [0.1, 0.15) is 11.1 Å². The van der Waals surface area contributed by atoms with E-state index in [1.54, 1.807) is 0 Å². The monoisotopic (exact) mass is 803 g/mol. The largest absolute Gasteiger partial charge is 0.317 e. The molecule has 0 aliphatic heterocycles. The second-order valence-corrected chi connectivity index (χ2v) is 16.3. The first-order chi connectivity index (χ1) is 31.1. The Labute approximate surface area is 365 Å². The van der Waals surface area contributed by atoms with E-state index in [2.05, 4.69) is 240 Å². The molecule has 12 rings (SSSR count). The Morgan fingerprint density at radius 3 is 1.87 bits per heavy atom. The minimum atomic E-state index is 1.04. The van der Waals surface area contributed by atoms with E-state index in [1.165, 1.54) is 76.3 Å². The Morgan fingerprint density at radius 2 is 1.08 bits per heavy atom. The van der Waals surface area contributed by atoms with Crippen molar-refractivity contribution in [1.82, 2.24) is 8.97 Å². The van der Waals surface area contributed by atoms with Crippen molar-refractivity contribution in [3.8, 4) is 16.8 Å². The van der Waals surface area contributed by atoms with E-state index in [0.717, 1.165) is 38.9 Å². The molecule has 63 heavy (non-hydrogen) atoms. The standard InChI is InChI=1S/C60H41N3/c1-3-4-16-43-37-44-17-8-9-21-49(44)54-39-47(32-33-50(43)54)61(36-35-53-51-22-11-15-26-58(51)63-56-24-13-10-20-48(56)40(2)60(53)63)45-30-27-41(28-31-45)42-29-34-59-55(38-42)52-23-12-14-25-57(52)62(59)46-18-6-5-7-19-46/h3-39H,1-2H2. The van der Waals surface area contributed by atoms with Gasteiger partial charge in [0, 0.05) is 55.6 Å². The fourth-order valence-electron chi connectivity index (χ4n) is 9.90. The maximum Gasteiger partial charge on any atom is 0.0615 e. The lowest BCUT2D eigenvalue weighted by Crippen LogP contribution is -2.08. The van der Waals surface area contributed by atoms with Gasteiger partial charge in [0.1, 0.15) is 0 Å². The van der Waals surface area contributed by atoms with Gasteiger partial charge in [0.25, 0.3) is 0 Å². The smallest absolute Gasteiger partial charge is 0.0615 e. The predicted octanol–water partition coefficient (Wildman–Crippen LogP) is 15.5. The summed E-state index contributed by atoms with van der Waals surface area (Å²) in [7, 11) is 0. The van der Waals surface area contributed by atoms with Gasteiger partial charge in [0.2, 0.25) is 0 Å². The molecular weight excluding hydrogens is 763 g/mol. The van der Waals surface area contributed by atoms with Gasteiger partial charge in [-0.2, -0.15) is 0 Å². The van der Waals surface area contributed by atoms with E-state index >= 15 is 0 Å². The highest BCUT2D eigenvalue weighted by Crippen LogP contribution is 2.39. The quantitative estimate of drug-likeness (QED) is 0.110. The SMILES string of the molecule is C=CC=Cc1cc2ccccc2c2cc(N(C=Cc3c4ccccc4n4c3c(=C)c3ccccc34)c3ccc(-c4ccc5c(c4)c4ccccc4n5-c4ccccc4)cc3)ccc12. The maximum absolute atomic E-state index is 4.64. The molecule has 0 aliphatic carbocycles. The molecule has 12 aromatic rings. The molecule has 0 fully saturated rings. The average molecular weight is 804 g/mol. The predicted molar refractivity (Wildman–Crippen MR) is 271 cm³/mol. The molecule has 0 amide bonds. The van der Waals surface area contributed by atoms with E-state index in [1.807, 2.05) is 12.2 Å². The molecule has 0 atom stereocenters. The molecule has 0 aliphatic rings. The topological polar surface area (TPSA) is 12.6 Å². The van der Waals surface area contributed by atoms with Gasteiger partial charge in [-0.25, -0.2) is 0 Å². The van der Waals surface area contributed by atoms with Gasteiger partial charge in [-0.05, 0) is 117 Å². The van der Waals surface area contributed by atoms with Crippen molar-refractivity contribution in [3.05, 3.63) is 235 Å². The molecule has 0 spiro atoms. The molecule has 0 radical (unpaired) electrons. The number of hydrogen-bond donors (Lipinski definition) is 0. The van der Waals surface area contributed by atoms with E-state index in [4.69, 9.17) is 0 Å². The first kappa shape index (κ1) is 36.5. The lowest BCUT2D eigenvalue weighted by molar-refractivity contribution is 1.18. The summed E-state index contributed by atoms with van der Waals surface area (Å²) >= 11 is 0. The third-order valence-electron chi connectivity index (χ3n) is 12.8. The number of anilines is 2. The van der Waals surface area contributed by atoms with E-state index in [-0.39, 0.29) is 0 Å². The zero-order chi connectivity index (χ0) is 42.0. The zero-order valence-electron chi connectivity index (χ0n) is 34.6. The Bertz CT molecular complexity index is 3880. The van der Waals surface area contributed by atoms with Crippen molar-refractivity contribution >= 4 is 101 Å². The van der Waals surface area contributed by atoms with Gasteiger partial charge in [-0.15, -0.1) is 0 Å². The van der Waals surface area contributed by atoms with Gasteiger partial charge in [0.05, 0.1) is 27.6 Å². The Morgan fingerprint density at radius 1 is 0.444 bits per heavy atom. The fraction of sp³-hybridized carbons (Fsp3) is 0. The van der Waals surface area contributed by atoms with Gasteiger partial charge in [-0.3, -0.25) is 0 Å². The Hall–Kier alpha value is -8.40. The van der Waals surface area contributed by atoms with Crippen LogP contribution in [0, 0.1) is 0 Å². The summed E-state index contributed by atoms with van der Waals surface area (Å²) in [4.78, 5) is 2.32. The number of hydrogen-bond acceptors (Lipinski definition) is 1. The average Bonchev–Trinajstić information content (AvgIpc) is 3.96. The minimum absolute atomic E-state index is 1.04. The molecule has 0 saturated carbocycles. The van der Waals surface area contributed by atoms with E-state index < -0.39 is 0 Å². The summed E-state index contributed by atoms with van der Waals surface area (Å²) in [6.45, 7) is 8.58. The van der Waals surface area contributed by atoms with Crippen LogP contribution in [0.25, 0.3) is 106 Å². The number of rotatable bonds is 8. The normalized spacial score (nSPS) is 12.1. The molecule has 0 N–H and O–H groups in total. The van der Waals surface area contributed by atoms with Crippen LogP contribution in [0.15, 0.2) is 219 Å². The van der Waals surface area contributed by atoms with Gasteiger partial charge in [0.15, 0.2) is 0 Å². The summed E-state index contributed by atoms with van der Waals surface area (Å²) in [5.74, 6) is 0. The highest BCUT2D eigenvalue weighted by Gasteiger charge is 2.18. The number of benzene rings is 9. The molecule has 0 unspecified atom stereocenters. The van der Waals surface area contributed by atoms with Crippen LogP contribution in [0.2, 0.25) is 0 Å². The van der Waals surface area contributed by atoms with Crippen LogP contribution in [0.5, 0.6) is 0 Å². The second-order valence-electron chi connectivity index (χ2n) is 16.3. The lowest BCUT2D eigenvalue weighted by atomic mass is 9.96. The van der Waals surface area contributed by atoms with Crippen LogP contribution in [0.3, 0.4) is 0 Å². The minimum Gasteiger partial charge on any atom is -0.317 e. The number of fused-ring (bicyclic) bond motifs is 11. The second kappa shape index (κ2) is 14.7. The van der Waals surface area contributed by atoms with Crippen LogP contribution >= 0.6 is 0 Å². The Balaban J connectivity index is 1.03. The Kier molecular flexibility index (Phi) is 8.48. The first-order valence-electron chi connectivity index (χ1n) is 21.5. The summed E-state index contributed by atoms with van der Waals surface area (Å²) in [6, 6.07) is 70.3. The first-order valence-corrected chi connectivity index (χ1v) is 21.5. The van der Waals surface area contributed by atoms with Crippen molar-refractivity contribution in [3.63, 3.8) is 0 Å². The summed E-state index contributed by atoms with van der Waals surface area (Å²) in [6.07, 6.45) is 10.5. The van der Waals surface area contributed by atoms with Crippen LogP contribution < -0.4 is 10.1 Å². The van der Waals surface area contributed by atoms with Crippen LogP contribution in [-0.2, 0) is 0 Å². The maximum atomic E-state index is 4.64.